The fraction of sp³-hybridized carbons (Fsp3) is 0.261. The molecule has 1 aliphatic rings. The van der Waals surface area contributed by atoms with Gasteiger partial charge in [-0.3, -0.25) is 4.79 Å². The van der Waals surface area contributed by atoms with Gasteiger partial charge in [0.15, 0.2) is 5.69 Å². The molecule has 10 heteroatoms. The number of carbonyl (C=O) groups excluding carboxylic acids is 1. The molecule has 0 radical (unpaired) electrons. The monoisotopic (exact) mass is 457 g/mol. The van der Waals surface area contributed by atoms with Crippen molar-refractivity contribution >= 4 is 16.9 Å². The van der Waals surface area contributed by atoms with Crippen LogP contribution in [0.1, 0.15) is 40.6 Å². The molecule has 33 heavy (non-hydrogen) atoms. The molecule has 0 unspecified atom stereocenters. The number of amides is 1. The summed E-state index contributed by atoms with van der Waals surface area (Å²) in [5.41, 5.74) is -0.606. The third kappa shape index (κ3) is 3.85. The number of fused-ring (bicyclic) bond motifs is 1. The molecule has 5 rings (SSSR count). The lowest BCUT2D eigenvalue weighted by Gasteiger charge is -2.32. The molecule has 2 aromatic carbocycles. The molecule has 0 aliphatic carbocycles. The number of carbonyl (C=O) groups is 1. The molecule has 1 atom stereocenters. The zero-order valence-electron chi connectivity index (χ0n) is 17.3. The van der Waals surface area contributed by atoms with Crippen LogP contribution >= 0.6 is 0 Å². The first-order valence-electron chi connectivity index (χ1n) is 10.5. The van der Waals surface area contributed by atoms with Gasteiger partial charge in [-0.1, -0.05) is 24.3 Å². The molecule has 170 valence electrons. The van der Waals surface area contributed by atoms with Crippen molar-refractivity contribution in [2.24, 2.45) is 0 Å². The van der Waals surface area contributed by atoms with Gasteiger partial charge in [0.05, 0.1) is 22.8 Å². The van der Waals surface area contributed by atoms with Crippen LogP contribution in [0.2, 0.25) is 0 Å². The van der Waals surface area contributed by atoms with Crippen molar-refractivity contribution in [3.05, 3.63) is 77.6 Å². The van der Waals surface area contributed by atoms with Gasteiger partial charge in [-0.25, -0.2) is 14.1 Å². The zero-order chi connectivity index (χ0) is 23.2. The van der Waals surface area contributed by atoms with Crippen LogP contribution in [0.3, 0.4) is 0 Å². The largest absolute Gasteiger partial charge is 0.434 e. The topological polar surface area (TPSA) is 66.8 Å². The number of piperidine rings is 1. The molecule has 1 aliphatic heterocycles. The summed E-state index contributed by atoms with van der Waals surface area (Å²) in [6.45, 7) is 0.540. The summed E-state index contributed by atoms with van der Waals surface area (Å²) in [5.74, 6) is -1.09. The van der Waals surface area contributed by atoms with Crippen molar-refractivity contribution in [2.45, 2.75) is 24.9 Å². The van der Waals surface area contributed by atoms with E-state index in [2.05, 4.69) is 15.1 Å². The average molecular weight is 457 g/mol. The maximum absolute atomic E-state index is 14.2. The molecular weight excluding hydrogens is 438 g/mol. The maximum Gasteiger partial charge on any atom is 0.434 e. The number of rotatable bonds is 3. The van der Waals surface area contributed by atoms with E-state index in [1.54, 1.807) is 0 Å². The van der Waals surface area contributed by atoms with Crippen LogP contribution < -0.4 is 0 Å². The summed E-state index contributed by atoms with van der Waals surface area (Å²) >= 11 is 0. The van der Waals surface area contributed by atoms with E-state index in [1.807, 2.05) is 24.3 Å². The van der Waals surface area contributed by atoms with Crippen LogP contribution in [0.25, 0.3) is 16.7 Å². The molecule has 3 heterocycles. The molecule has 2 aromatic heterocycles. The Hall–Kier alpha value is -3.69. The normalized spacial score (nSPS) is 17.0. The van der Waals surface area contributed by atoms with Crippen molar-refractivity contribution < 1.29 is 22.4 Å². The summed E-state index contributed by atoms with van der Waals surface area (Å²) in [4.78, 5) is 22.4. The molecule has 1 saturated heterocycles. The smallest absolute Gasteiger partial charge is 0.342 e. The lowest BCUT2D eigenvalue weighted by atomic mass is 9.96. The highest BCUT2D eigenvalue weighted by atomic mass is 19.4. The number of para-hydroxylation sites is 3. The predicted molar refractivity (Wildman–Crippen MR) is 112 cm³/mol. The van der Waals surface area contributed by atoms with E-state index in [-0.39, 0.29) is 18.2 Å². The van der Waals surface area contributed by atoms with Crippen molar-refractivity contribution in [3.8, 4) is 5.69 Å². The quantitative estimate of drug-likeness (QED) is 0.444. The third-order valence-corrected chi connectivity index (χ3v) is 5.85. The Bertz CT molecular complexity index is 1290. The van der Waals surface area contributed by atoms with Gasteiger partial charge in [-0.2, -0.15) is 18.3 Å². The SMILES string of the molecule is O=C(c1cnn(-c2ccccc2F)c1C(F)(F)F)N1CCC[C@H](c2nc3ccccc3[nH]2)C1. The number of H-pyrrole nitrogens is 1. The number of nitrogens with one attached hydrogen (secondary N) is 1. The molecule has 6 nitrogen and oxygen atoms in total. The van der Waals surface area contributed by atoms with Gasteiger partial charge in [0.25, 0.3) is 5.91 Å². The van der Waals surface area contributed by atoms with Gasteiger partial charge in [0.1, 0.15) is 17.3 Å². The number of halogens is 4. The number of aromatic amines is 1. The first-order valence-corrected chi connectivity index (χ1v) is 10.5. The Labute approximate surface area is 185 Å². The van der Waals surface area contributed by atoms with E-state index in [1.165, 1.54) is 23.1 Å². The van der Waals surface area contributed by atoms with Crippen LogP contribution in [0.5, 0.6) is 0 Å². The summed E-state index contributed by atoms with van der Waals surface area (Å²) < 4.78 is 56.6. The van der Waals surface area contributed by atoms with Gasteiger partial charge in [0.2, 0.25) is 0 Å². The van der Waals surface area contributed by atoms with E-state index in [9.17, 15) is 22.4 Å². The lowest BCUT2D eigenvalue weighted by Crippen LogP contribution is -2.40. The Morgan fingerprint density at radius 2 is 1.85 bits per heavy atom. The standard InChI is InChI=1S/C23H19F4N5O/c24-16-7-1-4-10-19(16)32-20(23(25,26)27)15(12-28-32)22(33)31-11-5-6-14(13-31)21-29-17-8-2-3-9-18(17)30-21/h1-4,7-10,12,14H,5-6,11,13H2,(H,29,30)/t14-/m0/s1. The van der Waals surface area contributed by atoms with Gasteiger partial charge >= 0.3 is 6.18 Å². The molecule has 4 aromatic rings. The Kier molecular flexibility index (Phi) is 5.15. The highest BCUT2D eigenvalue weighted by Gasteiger charge is 2.42. The number of benzene rings is 2. The first-order chi connectivity index (χ1) is 15.8. The summed E-state index contributed by atoms with van der Waals surface area (Å²) in [6.07, 6.45) is -2.67. The van der Waals surface area contributed by atoms with Crippen molar-refractivity contribution in [1.29, 1.82) is 0 Å². The molecule has 1 amide bonds. The third-order valence-electron chi connectivity index (χ3n) is 5.85. The Morgan fingerprint density at radius 3 is 2.61 bits per heavy atom. The molecule has 0 spiro atoms. The number of likely N-dealkylation sites (tertiary alicyclic amines) is 1. The number of imidazole rings is 1. The van der Waals surface area contributed by atoms with E-state index in [4.69, 9.17) is 0 Å². The van der Waals surface area contributed by atoms with Crippen molar-refractivity contribution in [1.82, 2.24) is 24.6 Å². The number of hydrogen-bond donors (Lipinski definition) is 1. The van der Waals surface area contributed by atoms with Gasteiger partial charge in [-0.15, -0.1) is 0 Å². The second kappa shape index (κ2) is 8.02. The van der Waals surface area contributed by atoms with E-state index in [0.29, 0.717) is 23.5 Å². The molecule has 0 saturated carbocycles. The van der Waals surface area contributed by atoms with Gasteiger partial charge in [0, 0.05) is 19.0 Å². The van der Waals surface area contributed by atoms with Crippen LogP contribution in [0, 0.1) is 5.82 Å². The molecule has 1 N–H and O–H groups in total. The highest BCUT2D eigenvalue weighted by Crippen LogP contribution is 2.36. The minimum atomic E-state index is -4.91. The number of hydrogen-bond acceptors (Lipinski definition) is 3. The minimum Gasteiger partial charge on any atom is -0.342 e. The number of alkyl halides is 3. The fourth-order valence-electron chi connectivity index (χ4n) is 4.30. The van der Waals surface area contributed by atoms with Gasteiger partial charge in [-0.05, 0) is 37.1 Å². The van der Waals surface area contributed by atoms with Crippen molar-refractivity contribution in [2.75, 3.05) is 13.1 Å². The van der Waals surface area contributed by atoms with Gasteiger partial charge < -0.3 is 9.88 Å². The maximum atomic E-state index is 14.2. The van der Waals surface area contributed by atoms with Crippen LogP contribution in [0.15, 0.2) is 54.7 Å². The Balaban J connectivity index is 1.47. The molecular formula is C23H19F4N5O. The van der Waals surface area contributed by atoms with Crippen molar-refractivity contribution in [3.63, 3.8) is 0 Å². The fourth-order valence-corrected chi connectivity index (χ4v) is 4.30. The summed E-state index contributed by atoms with van der Waals surface area (Å²) in [5, 5.41) is 3.73. The first kappa shape index (κ1) is 21.2. The molecule has 1 fully saturated rings. The van der Waals surface area contributed by atoms with E-state index in [0.717, 1.165) is 29.7 Å². The second-order valence-corrected chi connectivity index (χ2v) is 8.00. The highest BCUT2D eigenvalue weighted by molar-refractivity contribution is 5.95. The summed E-state index contributed by atoms with van der Waals surface area (Å²) in [7, 11) is 0. The van der Waals surface area contributed by atoms with Crippen LogP contribution in [-0.2, 0) is 6.18 Å². The van der Waals surface area contributed by atoms with E-state index < -0.39 is 29.2 Å². The number of nitrogens with zero attached hydrogens (tertiary/aromatic N) is 4. The summed E-state index contributed by atoms with van der Waals surface area (Å²) in [6, 6.07) is 12.5. The molecule has 0 bridgehead atoms. The average Bonchev–Trinajstić information content (AvgIpc) is 3.44. The van der Waals surface area contributed by atoms with Crippen LogP contribution in [-0.4, -0.2) is 43.6 Å². The van der Waals surface area contributed by atoms with E-state index >= 15 is 0 Å². The van der Waals surface area contributed by atoms with Crippen LogP contribution in [0.4, 0.5) is 17.6 Å². The number of aromatic nitrogens is 4. The lowest BCUT2D eigenvalue weighted by molar-refractivity contribution is -0.143. The predicted octanol–water partition coefficient (Wildman–Crippen LogP) is 4.93. The zero-order valence-corrected chi connectivity index (χ0v) is 17.3. The Morgan fingerprint density at radius 1 is 1.09 bits per heavy atom. The second-order valence-electron chi connectivity index (χ2n) is 8.00. The minimum absolute atomic E-state index is 0.133.